The Morgan fingerprint density at radius 3 is 2.12 bits per heavy atom. The normalized spacial score (nSPS) is 24.7. The topological polar surface area (TPSA) is 102 Å². The SMILES string of the molecule is COc1ccc(NC(=O)COC(=O)c2ccc(N3C(=O)[C@H]4[C@H](C3=O)[C@H]3C=C[C@H]4C3)cc2)cc1. The van der Waals surface area contributed by atoms with Crippen LogP contribution < -0.4 is 15.0 Å². The zero-order chi connectivity index (χ0) is 23.1. The molecule has 2 aliphatic carbocycles. The number of nitrogens with one attached hydrogen (secondary N) is 1. The van der Waals surface area contributed by atoms with Crippen molar-refractivity contribution in [2.75, 3.05) is 23.9 Å². The summed E-state index contributed by atoms with van der Waals surface area (Å²) >= 11 is 0. The number of allylic oxidation sites excluding steroid dienone is 2. The summed E-state index contributed by atoms with van der Waals surface area (Å²) < 4.78 is 10.1. The second-order valence-corrected chi connectivity index (χ2v) is 8.41. The van der Waals surface area contributed by atoms with E-state index < -0.39 is 18.5 Å². The van der Waals surface area contributed by atoms with Gasteiger partial charge in [-0.1, -0.05) is 12.2 Å². The first-order valence-corrected chi connectivity index (χ1v) is 10.7. The number of esters is 1. The third-order valence-electron chi connectivity index (χ3n) is 6.54. The molecule has 3 amide bonds. The van der Waals surface area contributed by atoms with Gasteiger partial charge in [-0.05, 0) is 66.8 Å². The fraction of sp³-hybridized carbons (Fsp3) is 0.280. The molecule has 33 heavy (non-hydrogen) atoms. The molecule has 0 unspecified atom stereocenters. The first-order chi connectivity index (χ1) is 16.0. The molecule has 0 radical (unpaired) electrons. The highest BCUT2D eigenvalue weighted by Gasteiger charge is 2.59. The summed E-state index contributed by atoms with van der Waals surface area (Å²) in [6.07, 6.45) is 4.96. The van der Waals surface area contributed by atoms with Gasteiger partial charge in [0.2, 0.25) is 11.8 Å². The van der Waals surface area contributed by atoms with E-state index in [9.17, 15) is 19.2 Å². The van der Waals surface area contributed by atoms with Crippen LogP contribution in [0.25, 0.3) is 0 Å². The molecule has 1 saturated heterocycles. The highest BCUT2D eigenvalue weighted by Crippen LogP contribution is 2.53. The Labute approximate surface area is 190 Å². The number of carbonyl (C=O) groups excluding carboxylic acids is 4. The predicted octanol–water partition coefficient (Wildman–Crippen LogP) is 2.80. The lowest BCUT2D eigenvalue weighted by Crippen LogP contribution is -2.32. The van der Waals surface area contributed by atoms with E-state index in [0.717, 1.165) is 6.42 Å². The van der Waals surface area contributed by atoms with Crippen LogP contribution in [0.5, 0.6) is 5.75 Å². The number of ether oxygens (including phenoxy) is 2. The van der Waals surface area contributed by atoms with Crippen LogP contribution in [0, 0.1) is 23.7 Å². The second-order valence-electron chi connectivity index (χ2n) is 8.41. The number of amides is 3. The van der Waals surface area contributed by atoms with E-state index in [4.69, 9.17) is 9.47 Å². The molecule has 2 fully saturated rings. The Morgan fingerprint density at radius 2 is 1.55 bits per heavy atom. The lowest BCUT2D eigenvalue weighted by atomic mass is 9.85. The highest BCUT2D eigenvalue weighted by atomic mass is 16.5. The summed E-state index contributed by atoms with van der Waals surface area (Å²) in [5, 5.41) is 2.63. The third kappa shape index (κ3) is 3.67. The summed E-state index contributed by atoms with van der Waals surface area (Å²) in [4.78, 5) is 51.4. The lowest BCUT2D eigenvalue weighted by Gasteiger charge is -2.17. The van der Waals surface area contributed by atoms with Gasteiger partial charge >= 0.3 is 5.97 Å². The number of nitrogens with zero attached hydrogens (tertiary/aromatic N) is 1. The smallest absolute Gasteiger partial charge is 0.338 e. The van der Waals surface area contributed by atoms with E-state index in [1.165, 1.54) is 17.0 Å². The number of hydrogen-bond donors (Lipinski definition) is 1. The molecule has 0 aromatic heterocycles. The Kier molecular flexibility index (Phi) is 5.20. The van der Waals surface area contributed by atoms with Crippen molar-refractivity contribution in [3.05, 3.63) is 66.2 Å². The maximum Gasteiger partial charge on any atom is 0.338 e. The molecule has 2 bridgehead atoms. The first-order valence-electron chi connectivity index (χ1n) is 10.7. The molecule has 1 N–H and O–H groups in total. The van der Waals surface area contributed by atoms with Gasteiger partial charge in [-0.2, -0.15) is 0 Å². The van der Waals surface area contributed by atoms with Crippen molar-refractivity contribution >= 4 is 35.1 Å². The van der Waals surface area contributed by atoms with Gasteiger partial charge in [0.25, 0.3) is 5.91 Å². The number of fused-ring (bicyclic) bond motifs is 5. The van der Waals surface area contributed by atoms with Crippen LogP contribution in [0.15, 0.2) is 60.7 Å². The monoisotopic (exact) mass is 446 g/mol. The van der Waals surface area contributed by atoms with Gasteiger partial charge in [0.05, 0.1) is 30.2 Å². The summed E-state index contributed by atoms with van der Waals surface area (Å²) in [7, 11) is 1.55. The summed E-state index contributed by atoms with van der Waals surface area (Å²) in [6, 6.07) is 12.8. The van der Waals surface area contributed by atoms with E-state index in [1.54, 1.807) is 43.5 Å². The van der Waals surface area contributed by atoms with Gasteiger partial charge < -0.3 is 14.8 Å². The Morgan fingerprint density at radius 1 is 0.939 bits per heavy atom. The number of imide groups is 1. The number of rotatable bonds is 6. The van der Waals surface area contributed by atoms with Crippen molar-refractivity contribution in [2.45, 2.75) is 6.42 Å². The molecule has 2 aromatic carbocycles. The van der Waals surface area contributed by atoms with Crippen molar-refractivity contribution in [1.29, 1.82) is 0 Å². The van der Waals surface area contributed by atoms with E-state index >= 15 is 0 Å². The molecule has 4 atom stereocenters. The lowest BCUT2D eigenvalue weighted by molar-refractivity contribution is -0.123. The fourth-order valence-corrected chi connectivity index (χ4v) is 4.99. The van der Waals surface area contributed by atoms with Crippen molar-refractivity contribution < 1.29 is 28.7 Å². The minimum Gasteiger partial charge on any atom is -0.497 e. The molecular weight excluding hydrogens is 424 g/mol. The maximum absolute atomic E-state index is 12.9. The Balaban J connectivity index is 1.18. The quantitative estimate of drug-likeness (QED) is 0.416. The predicted molar refractivity (Wildman–Crippen MR) is 119 cm³/mol. The summed E-state index contributed by atoms with van der Waals surface area (Å²) in [5.41, 5.74) is 1.21. The average Bonchev–Trinajstić information content (AvgIpc) is 3.52. The average molecular weight is 446 g/mol. The van der Waals surface area contributed by atoms with Gasteiger partial charge in [-0.15, -0.1) is 0 Å². The van der Waals surface area contributed by atoms with E-state index in [0.29, 0.717) is 17.1 Å². The van der Waals surface area contributed by atoms with E-state index in [2.05, 4.69) is 5.32 Å². The largest absolute Gasteiger partial charge is 0.497 e. The summed E-state index contributed by atoms with van der Waals surface area (Å²) in [6.45, 7) is -0.450. The molecule has 1 aliphatic heterocycles. The van der Waals surface area contributed by atoms with Gasteiger partial charge in [-0.3, -0.25) is 19.3 Å². The van der Waals surface area contributed by atoms with Crippen LogP contribution in [0.3, 0.4) is 0 Å². The second kappa shape index (κ2) is 8.20. The molecule has 1 saturated carbocycles. The Bertz CT molecular complexity index is 1120. The molecule has 168 valence electrons. The van der Waals surface area contributed by atoms with Crippen LogP contribution in [-0.2, 0) is 19.1 Å². The van der Waals surface area contributed by atoms with Gasteiger partial charge in [0, 0.05) is 5.69 Å². The molecular formula is C25H22N2O6. The molecule has 8 nitrogen and oxygen atoms in total. The molecule has 5 rings (SSSR count). The number of benzene rings is 2. The molecule has 2 aromatic rings. The first kappa shape index (κ1) is 20.9. The Hall–Kier alpha value is -3.94. The minimum atomic E-state index is -0.676. The maximum atomic E-state index is 12.9. The van der Waals surface area contributed by atoms with Crippen LogP contribution in [0.2, 0.25) is 0 Å². The minimum absolute atomic E-state index is 0.139. The van der Waals surface area contributed by atoms with Crippen molar-refractivity contribution in [3.63, 3.8) is 0 Å². The van der Waals surface area contributed by atoms with E-state index in [1.807, 2.05) is 12.2 Å². The van der Waals surface area contributed by atoms with Gasteiger partial charge in [0.15, 0.2) is 6.61 Å². The summed E-state index contributed by atoms with van der Waals surface area (Å²) in [5.74, 6) is -1.12. The highest BCUT2D eigenvalue weighted by molar-refractivity contribution is 6.22. The van der Waals surface area contributed by atoms with Crippen LogP contribution in [0.4, 0.5) is 11.4 Å². The molecule has 0 spiro atoms. The number of anilines is 2. The zero-order valence-electron chi connectivity index (χ0n) is 17.9. The zero-order valence-corrected chi connectivity index (χ0v) is 17.9. The van der Waals surface area contributed by atoms with E-state index in [-0.39, 0.29) is 41.0 Å². The third-order valence-corrected chi connectivity index (χ3v) is 6.54. The van der Waals surface area contributed by atoms with Crippen molar-refractivity contribution in [2.24, 2.45) is 23.7 Å². The fourth-order valence-electron chi connectivity index (χ4n) is 4.99. The van der Waals surface area contributed by atoms with Crippen LogP contribution in [-0.4, -0.2) is 37.4 Å². The molecule has 8 heteroatoms. The van der Waals surface area contributed by atoms with Gasteiger partial charge in [-0.25, -0.2) is 4.79 Å². The van der Waals surface area contributed by atoms with Crippen molar-refractivity contribution in [1.82, 2.24) is 0 Å². The number of carbonyl (C=O) groups is 4. The van der Waals surface area contributed by atoms with Crippen LogP contribution >= 0.6 is 0 Å². The standard InChI is InChI=1S/C25H22N2O6/c1-32-19-10-6-17(7-11-19)26-20(28)13-33-25(31)14-4-8-18(9-5-14)27-23(29)21-15-2-3-16(12-15)22(21)24(27)30/h2-11,15-16,21-22H,12-13H2,1H3,(H,26,28)/t15-,16-,21+,22+/m0/s1. The van der Waals surface area contributed by atoms with Gasteiger partial charge in [0.1, 0.15) is 5.75 Å². The number of hydrogen-bond acceptors (Lipinski definition) is 6. The molecule has 3 aliphatic rings. The van der Waals surface area contributed by atoms with Crippen molar-refractivity contribution in [3.8, 4) is 5.75 Å². The van der Waals surface area contributed by atoms with Crippen LogP contribution in [0.1, 0.15) is 16.8 Å². The number of methoxy groups -OCH3 is 1. The molecule has 1 heterocycles.